The lowest BCUT2D eigenvalue weighted by Crippen LogP contribution is -2.27. The van der Waals surface area contributed by atoms with E-state index in [0.29, 0.717) is 23.9 Å². The van der Waals surface area contributed by atoms with Gasteiger partial charge in [0.15, 0.2) is 0 Å². The molecule has 2 aliphatic carbocycles. The number of hydrogen-bond donors (Lipinski definition) is 0. The number of hydrogen-bond acceptors (Lipinski definition) is 2. The maximum absolute atomic E-state index is 7.54. The van der Waals surface area contributed by atoms with Gasteiger partial charge in [0.25, 0.3) is 0 Å². The van der Waals surface area contributed by atoms with Crippen molar-refractivity contribution in [1.82, 2.24) is 0 Å². The number of alkyl halides is 1. The molecule has 0 aromatic heterocycles. The van der Waals surface area contributed by atoms with Gasteiger partial charge in [0.05, 0.1) is 13.5 Å². The van der Waals surface area contributed by atoms with Crippen LogP contribution in [0.25, 0.3) is 0 Å². The van der Waals surface area contributed by atoms with Gasteiger partial charge in [-0.1, -0.05) is 51.2 Å². The van der Waals surface area contributed by atoms with Crippen LogP contribution in [0.4, 0.5) is 0 Å². The summed E-state index contributed by atoms with van der Waals surface area (Å²) in [6, 6.07) is 0. The smallest absolute Gasteiger partial charge is 0.0851 e. The Balaban J connectivity index is 1.93. The molecule has 0 N–H and O–H groups in total. The van der Waals surface area contributed by atoms with E-state index in [4.69, 9.17) is 21.9 Å². The predicted octanol–water partition coefficient (Wildman–Crippen LogP) is 7.08. The summed E-state index contributed by atoms with van der Waals surface area (Å²) in [5.41, 5.74) is 0. The van der Waals surface area contributed by atoms with E-state index in [-0.39, 0.29) is 20.9 Å². The minimum Gasteiger partial charge on any atom is -0.362 e. The summed E-state index contributed by atoms with van der Waals surface area (Å²) in [5.74, 6) is 1.61. The Morgan fingerprint density at radius 2 is 2.04 bits per heavy atom. The van der Waals surface area contributed by atoms with Crippen LogP contribution in [-0.4, -0.2) is 18.9 Å². The summed E-state index contributed by atoms with van der Waals surface area (Å²) >= 11 is 6.73. The highest BCUT2D eigenvalue weighted by molar-refractivity contribution is 7.10. The summed E-state index contributed by atoms with van der Waals surface area (Å²) in [5, 5.41) is 0.164. The standard InChI is InChI=1S/C21H39ClO2P2/c1-2-3-4-5-9-12-17-18(21(24-26)15-19(17)22)13-14-20(23-25)16-10-7-6-8-11-16/h5,9,16-21H,2-4,6-8,10-15,25-26H2,1H3/b9-5-/t17-,18-,19-,20-,21-/m1/s1/i26T/t17-,18-,19-,20-,21-,26?. The SMILES string of the molecule is [3H]PO[C@@H]1C[C@@H](Cl)[C@H](C/C=C\CCCC)[C@H]1CC[C@@H](OP)C1CCCCC1. The van der Waals surface area contributed by atoms with Crippen molar-refractivity contribution in [1.29, 1.82) is 1.28 Å². The van der Waals surface area contributed by atoms with Gasteiger partial charge in [-0.2, -0.15) is 0 Å². The molecule has 5 heteroatoms. The van der Waals surface area contributed by atoms with Crippen LogP contribution in [-0.2, 0) is 9.05 Å². The second-order valence-corrected chi connectivity index (χ2v) is 9.30. The maximum Gasteiger partial charge on any atom is 0.0851 e. The third-order valence-corrected chi connectivity index (χ3v) is 7.69. The van der Waals surface area contributed by atoms with E-state index in [9.17, 15) is 0 Å². The Morgan fingerprint density at radius 1 is 1.23 bits per heavy atom. The quantitative estimate of drug-likeness (QED) is 0.145. The summed E-state index contributed by atoms with van der Waals surface area (Å²) in [4.78, 5) is 0. The average Bonchev–Trinajstić information content (AvgIpc) is 2.98. The van der Waals surface area contributed by atoms with Crippen molar-refractivity contribution in [2.24, 2.45) is 17.8 Å². The zero-order valence-corrected chi connectivity index (χ0v) is 19.3. The van der Waals surface area contributed by atoms with Crippen LogP contribution in [0.15, 0.2) is 12.2 Å². The first-order valence-electron chi connectivity index (χ1n) is 11.2. The molecule has 26 heavy (non-hydrogen) atoms. The van der Waals surface area contributed by atoms with Gasteiger partial charge in [-0.25, -0.2) is 0 Å². The van der Waals surface area contributed by atoms with E-state index in [1.807, 2.05) is 0 Å². The lowest BCUT2D eigenvalue weighted by molar-refractivity contribution is 0.0940. The topological polar surface area (TPSA) is 18.5 Å². The van der Waals surface area contributed by atoms with Gasteiger partial charge in [0.2, 0.25) is 0 Å². The number of unbranched alkanes of at least 4 members (excludes halogenated alkanes) is 2. The van der Waals surface area contributed by atoms with E-state index in [0.717, 1.165) is 25.7 Å². The molecule has 2 aliphatic rings. The molecule has 7 atom stereocenters. The monoisotopic (exact) mass is 422 g/mol. The molecule has 0 saturated heterocycles. The second kappa shape index (κ2) is 13.1. The first kappa shape index (κ1) is 21.5. The third kappa shape index (κ3) is 7.00. The van der Waals surface area contributed by atoms with E-state index >= 15 is 0 Å². The molecule has 2 nitrogen and oxygen atoms in total. The molecule has 2 fully saturated rings. The Morgan fingerprint density at radius 3 is 2.73 bits per heavy atom. The number of allylic oxidation sites excluding steroid dienone is 2. The van der Waals surface area contributed by atoms with Gasteiger partial charge in [0.1, 0.15) is 0 Å². The highest BCUT2D eigenvalue weighted by Crippen LogP contribution is 2.44. The summed E-state index contributed by atoms with van der Waals surface area (Å²) in [7, 11) is 2.31. The van der Waals surface area contributed by atoms with Gasteiger partial charge in [-0.3, -0.25) is 0 Å². The maximum atomic E-state index is 7.54. The van der Waals surface area contributed by atoms with Crippen molar-refractivity contribution in [2.45, 2.75) is 102 Å². The van der Waals surface area contributed by atoms with Gasteiger partial charge < -0.3 is 9.05 Å². The fraction of sp³-hybridized carbons (Fsp3) is 0.905. The highest BCUT2D eigenvalue weighted by Gasteiger charge is 2.42. The van der Waals surface area contributed by atoms with Crippen molar-refractivity contribution >= 4 is 30.5 Å². The molecule has 0 heterocycles. The van der Waals surface area contributed by atoms with Crippen LogP contribution < -0.4 is 0 Å². The predicted molar refractivity (Wildman–Crippen MR) is 119 cm³/mol. The first-order valence-corrected chi connectivity index (χ1v) is 12.0. The average molecular weight is 423 g/mol. The largest absolute Gasteiger partial charge is 0.362 e. The van der Waals surface area contributed by atoms with Crippen molar-refractivity contribution in [2.75, 3.05) is 0 Å². The normalized spacial score (nSPS) is 32.7. The molecule has 0 aromatic carbocycles. The summed E-state index contributed by atoms with van der Waals surface area (Å²) in [6.07, 6.45) is 19.6. The molecule has 0 amide bonds. The Hall–Kier alpha value is 0.810. The molecule has 0 bridgehead atoms. The molecule has 2 rings (SSSR count). The highest BCUT2D eigenvalue weighted by atomic mass is 35.5. The Labute approximate surface area is 172 Å². The number of rotatable bonds is 12. The third-order valence-electron chi connectivity index (χ3n) is 6.54. The molecular formula is C21H39ClO2P2. The Bertz CT molecular complexity index is 421. The van der Waals surface area contributed by atoms with Gasteiger partial charge in [0, 0.05) is 24.3 Å². The molecular weight excluding hydrogens is 382 g/mol. The van der Waals surface area contributed by atoms with Crippen LogP contribution in [0, 0.1) is 17.8 Å². The summed E-state index contributed by atoms with van der Waals surface area (Å²) in [6.45, 7) is 2.23. The van der Waals surface area contributed by atoms with E-state index in [1.54, 1.807) is 0 Å². The fourth-order valence-electron chi connectivity index (χ4n) is 4.94. The molecule has 152 valence electrons. The van der Waals surface area contributed by atoms with Gasteiger partial charge in [-0.15, -0.1) is 11.6 Å². The molecule has 2 unspecified atom stereocenters. The van der Waals surface area contributed by atoms with E-state index < -0.39 is 0 Å². The van der Waals surface area contributed by atoms with E-state index in [1.165, 1.54) is 51.4 Å². The minimum absolute atomic E-state index is 0.147. The molecule has 0 aromatic rings. The second-order valence-electron chi connectivity index (χ2n) is 8.24. The number of halogens is 1. The van der Waals surface area contributed by atoms with Crippen molar-refractivity contribution in [3.63, 3.8) is 0 Å². The van der Waals surface area contributed by atoms with Crippen molar-refractivity contribution in [3.8, 4) is 0 Å². The van der Waals surface area contributed by atoms with Crippen LogP contribution in [0.3, 0.4) is 0 Å². The van der Waals surface area contributed by atoms with Crippen molar-refractivity contribution in [3.05, 3.63) is 12.2 Å². The van der Waals surface area contributed by atoms with Gasteiger partial charge in [-0.05, 0) is 62.7 Å². The van der Waals surface area contributed by atoms with Crippen LogP contribution in [0.2, 0.25) is 0 Å². The lowest BCUT2D eigenvalue weighted by Gasteiger charge is -2.31. The minimum atomic E-state index is -0.199. The zero-order valence-electron chi connectivity index (χ0n) is 17.4. The van der Waals surface area contributed by atoms with E-state index in [2.05, 4.69) is 28.5 Å². The van der Waals surface area contributed by atoms with Crippen LogP contribution in [0.1, 0.15) is 84.0 Å². The fourth-order valence-corrected chi connectivity index (χ4v) is 6.04. The molecule has 0 radical (unpaired) electrons. The molecule has 0 spiro atoms. The first-order chi connectivity index (χ1) is 13.2. The lowest BCUT2D eigenvalue weighted by atomic mass is 9.81. The van der Waals surface area contributed by atoms with Crippen LogP contribution >= 0.6 is 30.5 Å². The zero-order chi connectivity index (χ0) is 19.5. The van der Waals surface area contributed by atoms with Crippen LogP contribution in [0.5, 0.6) is 0 Å². The Kier molecular flexibility index (Phi) is 10.9. The van der Waals surface area contributed by atoms with Gasteiger partial charge >= 0.3 is 0 Å². The van der Waals surface area contributed by atoms with Crippen molar-refractivity contribution < 1.29 is 9.05 Å². The molecule has 0 aliphatic heterocycles. The molecule has 2 saturated carbocycles. The summed E-state index contributed by atoms with van der Waals surface area (Å²) < 4.78 is 19.2.